The van der Waals surface area contributed by atoms with E-state index >= 15 is 0 Å². The summed E-state index contributed by atoms with van der Waals surface area (Å²) in [7, 11) is 0. The molecule has 0 unspecified atom stereocenters. The highest BCUT2D eigenvalue weighted by Crippen LogP contribution is 2.22. The van der Waals surface area contributed by atoms with Gasteiger partial charge in [-0.25, -0.2) is 9.78 Å². The van der Waals surface area contributed by atoms with Crippen LogP contribution in [0.5, 0.6) is 0 Å². The maximum absolute atomic E-state index is 12.0. The lowest BCUT2D eigenvalue weighted by Crippen LogP contribution is -2.36. The molecule has 1 saturated heterocycles. The van der Waals surface area contributed by atoms with Gasteiger partial charge < -0.3 is 19.4 Å². The Morgan fingerprint density at radius 3 is 2.96 bits per heavy atom. The average Bonchev–Trinajstić information content (AvgIpc) is 3.03. The molecule has 0 aliphatic carbocycles. The first kappa shape index (κ1) is 15.9. The molecule has 1 aliphatic heterocycles. The molecule has 124 valence electrons. The third-order valence-electron chi connectivity index (χ3n) is 3.39. The number of fused-ring (bicyclic) bond motifs is 1. The number of oxazole rings is 1. The third kappa shape index (κ3) is 3.85. The summed E-state index contributed by atoms with van der Waals surface area (Å²) < 4.78 is 11.0. The molecular weight excluding hydrogens is 320 g/mol. The van der Waals surface area contributed by atoms with Crippen LogP contribution in [0.25, 0.3) is 11.2 Å². The van der Waals surface area contributed by atoms with Gasteiger partial charge in [0.25, 0.3) is 6.01 Å². The number of anilines is 1. The summed E-state index contributed by atoms with van der Waals surface area (Å²) in [6.45, 7) is 6.74. The quantitative estimate of drug-likeness (QED) is 0.846. The third-order valence-corrected chi connectivity index (χ3v) is 3.60. The molecule has 1 aliphatic rings. The van der Waals surface area contributed by atoms with Gasteiger partial charge in [-0.2, -0.15) is 4.98 Å². The van der Waals surface area contributed by atoms with Gasteiger partial charge in [-0.05, 0) is 39.3 Å². The SMILES string of the molecule is CC(C)(C)OC(=O)N1CC[C@H](Nc2nc3nc(Cl)ccc3o2)C1. The second-order valence-electron chi connectivity index (χ2n) is 6.53. The Kier molecular flexibility index (Phi) is 4.06. The zero-order chi connectivity index (χ0) is 16.6. The van der Waals surface area contributed by atoms with Crippen molar-refractivity contribution in [3.05, 3.63) is 17.3 Å². The summed E-state index contributed by atoms with van der Waals surface area (Å²) in [5.41, 5.74) is 0.536. The Bertz CT molecular complexity index is 725. The number of hydrogen-bond acceptors (Lipinski definition) is 6. The van der Waals surface area contributed by atoms with Crippen LogP contribution in [-0.4, -0.2) is 45.7 Å². The normalized spacial score (nSPS) is 18.4. The molecule has 0 aromatic carbocycles. The molecular formula is C15H19ClN4O3. The van der Waals surface area contributed by atoms with Crippen LogP contribution in [0.3, 0.4) is 0 Å². The van der Waals surface area contributed by atoms with Crippen molar-refractivity contribution >= 4 is 34.9 Å². The summed E-state index contributed by atoms with van der Waals surface area (Å²) >= 11 is 5.83. The number of rotatable bonds is 2. The van der Waals surface area contributed by atoms with Crippen LogP contribution in [0.15, 0.2) is 16.5 Å². The Labute approximate surface area is 139 Å². The number of nitrogens with one attached hydrogen (secondary N) is 1. The lowest BCUT2D eigenvalue weighted by Gasteiger charge is -2.24. The molecule has 1 atom stereocenters. The summed E-state index contributed by atoms with van der Waals surface area (Å²) in [4.78, 5) is 22.1. The summed E-state index contributed by atoms with van der Waals surface area (Å²) in [6, 6.07) is 3.82. The smallest absolute Gasteiger partial charge is 0.410 e. The Morgan fingerprint density at radius 2 is 2.22 bits per heavy atom. The van der Waals surface area contributed by atoms with E-state index in [1.54, 1.807) is 17.0 Å². The van der Waals surface area contributed by atoms with Gasteiger partial charge in [-0.15, -0.1) is 0 Å². The number of carbonyl (C=O) groups excluding carboxylic acids is 1. The molecule has 2 aromatic rings. The van der Waals surface area contributed by atoms with Crippen molar-refractivity contribution in [2.24, 2.45) is 0 Å². The van der Waals surface area contributed by atoms with E-state index in [1.165, 1.54) is 0 Å². The number of aromatic nitrogens is 2. The lowest BCUT2D eigenvalue weighted by atomic mass is 10.2. The Morgan fingerprint density at radius 1 is 1.43 bits per heavy atom. The van der Waals surface area contributed by atoms with Crippen molar-refractivity contribution < 1.29 is 13.9 Å². The average molecular weight is 339 g/mol. The van der Waals surface area contributed by atoms with E-state index in [0.29, 0.717) is 35.5 Å². The molecule has 7 nitrogen and oxygen atoms in total. The fourth-order valence-electron chi connectivity index (χ4n) is 2.40. The van der Waals surface area contributed by atoms with Crippen LogP contribution in [-0.2, 0) is 4.74 Å². The molecule has 3 rings (SSSR count). The molecule has 1 N–H and O–H groups in total. The van der Waals surface area contributed by atoms with Gasteiger partial charge in [0.1, 0.15) is 10.8 Å². The van der Waals surface area contributed by atoms with E-state index in [9.17, 15) is 4.79 Å². The molecule has 2 aromatic heterocycles. The van der Waals surface area contributed by atoms with Crippen LogP contribution in [0.4, 0.5) is 10.8 Å². The van der Waals surface area contributed by atoms with Crippen molar-refractivity contribution in [2.75, 3.05) is 18.4 Å². The fourth-order valence-corrected chi connectivity index (χ4v) is 2.55. The van der Waals surface area contributed by atoms with Crippen LogP contribution in [0.2, 0.25) is 5.15 Å². The number of hydrogen-bond donors (Lipinski definition) is 1. The lowest BCUT2D eigenvalue weighted by molar-refractivity contribution is 0.0293. The van der Waals surface area contributed by atoms with Gasteiger partial charge in [0.15, 0.2) is 5.58 Å². The molecule has 0 bridgehead atoms. The van der Waals surface area contributed by atoms with Crippen molar-refractivity contribution in [1.29, 1.82) is 0 Å². The predicted molar refractivity (Wildman–Crippen MR) is 86.6 cm³/mol. The topological polar surface area (TPSA) is 80.5 Å². The zero-order valence-corrected chi connectivity index (χ0v) is 14.1. The van der Waals surface area contributed by atoms with E-state index in [-0.39, 0.29) is 12.1 Å². The second kappa shape index (κ2) is 5.88. The molecule has 0 saturated carbocycles. The van der Waals surface area contributed by atoms with Crippen LogP contribution < -0.4 is 5.32 Å². The minimum Gasteiger partial charge on any atom is -0.444 e. The number of pyridine rings is 1. The first-order chi connectivity index (χ1) is 10.8. The molecule has 1 fully saturated rings. The monoisotopic (exact) mass is 338 g/mol. The first-order valence-corrected chi connectivity index (χ1v) is 7.85. The minimum absolute atomic E-state index is 0.0612. The first-order valence-electron chi connectivity index (χ1n) is 7.48. The van der Waals surface area contributed by atoms with E-state index in [1.807, 2.05) is 20.8 Å². The standard InChI is InChI=1S/C15H19ClN4O3/c1-15(2,3)23-14(21)20-7-6-9(8-20)17-13-19-12-10(22-13)4-5-11(16)18-12/h4-5,9H,6-8H2,1-3H3,(H,17,18,19)/t9-/m0/s1. The Balaban J connectivity index is 1.61. The molecule has 23 heavy (non-hydrogen) atoms. The summed E-state index contributed by atoms with van der Waals surface area (Å²) in [5.74, 6) is 0. The highest BCUT2D eigenvalue weighted by Gasteiger charge is 2.30. The van der Waals surface area contributed by atoms with Crippen LogP contribution >= 0.6 is 11.6 Å². The molecule has 3 heterocycles. The van der Waals surface area contributed by atoms with E-state index < -0.39 is 5.60 Å². The molecule has 1 amide bonds. The maximum Gasteiger partial charge on any atom is 0.410 e. The second-order valence-corrected chi connectivity index (χ2v) is 6.92. The van der Waals surface area contributed by atoms with Crippen molar-refractivity contribution in [3.63, 3.8) is 0 Å². The number of carbonyl (C=O) groups is 1. The van der Waals surface area contributed by atoms with Gasteiger partial charge >= 0.3 is 6.09 Å². The largest absolute Gasteiger partial charge is 0.444 e. The fraction of sp³-hybridized carbons (Fsp3) is 0.533. The summed E-state index contributed by atoms with van der Waals surface area (Å²) in [6.07, 6.45) is 0.499. The van der Waals surface area contributed by atoms with E-state index in [0.717, 1.165) is 6.42 Å². The van der Waals surface area contributed by atoms with Gasteiger partial charge in [-0.1, -0.05) is 11.6 Å². The van der Waals surface area contributed by atoms with Gasteiger partial charge in [0.2, 0.25) is 5.65 Å². The number of ether oxygens (including phenoxy) is 1. The molecule has 8 heteroatoms. The number of amides is 1. The summed E-state index contributed by atoms with van der Waals surface area (Å²) in [5, 5.41) is 3.56. The van der Waals surface area contributed by atoms with E-state index in [2.05, 4.69) is 15.3 Å². The maximum atomic E-state index is 12.0. The van der Waals surface area contributed by atoms with E-state index in [4.69, 9.17) is 20.8 Å². The number of likely N-dealkylation sites (tertiary alicyclic amines) is 1. The van der Waals surface area contributed by atoms with Gasteiger partial charge in [0, 0.05) is 19.1 Å². The van der Waals surface area contributed by atoms with Crippen molar-refractivity contribution in [3.8, 4) is 0 Å². The highest BCUT2D eigenvalue weighted by molar-refractivity contribution is 6.29. The minimum atomic E-state index is -0.492. The van der Waals surface area contributed by atoms with Crippen molar-refractivity contribution in [2.45, 2.75) is 38.8 Å². The van der Waals surface area contributed by atoms with Gasteiger partial charge in [0.05, 0.1) is 0 Å². The zero-order valence-electron chi connectivity index (χ0n) is 13.3. The molecule has 0 spiro atoms. The highest BCUT2D eigenvalue weighted by atomic mass is 35.5. The predicted octanol–water partition coefficient (Wildman–Crippen LogP) is 3.30. The Hall–Kier alpha value is -2.02. The van der Waals surface area contributed by atoms with Crippen molar-refractivity contribution in [1.82, 2.24) is 14.9 Å². The molecule has 0 radical (unpaired) electrons. The van der Waals surface area contributed by atoms with Crippen LogP contribution in [0.1, 0.15) is 27.2 Å². The van der Waals surface area contributed by atoms with Crippen LogP contribution in [0, 0.1) is 0 Å². The number of nitrogens with zero attached hydrogens (tertiary/aromatic N) is 3. The van der Waals surface area contributed by atoms with Gasteiger partial charge in [-0.3, -0.25) is 0 Å². The number of halogens is 1.